The second kappa shape index (κ2) is 7.02. The molecule has 140 valence electrons. The summed E-state index contributed by atoms with van der Waals surface area (Å²) < 4.78 is 32.2. The third kappa shape index (κ3) is 3.55. The summed E-state index contributed by atoms with van der Waals surface area (Å²) in [6.45, 7) is 4.47. The van der Waals surface area contributed by atoms with Gasteiger partial charge in [-0.25, -0.2) is 17.9 Å². The first kappa shape index (κ1) is 18.3. The van der Waals surface area contributed by atoms with E-state index in [1.54, 1.807) is 22.9 Å². The highest BCUT2D eigenvalue weighted by Crippen LogP contribution is 2.34. The molecule has 0 N–H and O–H groups in total. The van der Waals surface area contributed by atoms with E-state index < -0.39 is 16.0 Å². The van der Waals surface area contributed by atoms with Gasteiger partial charge in [0, 0.05) is 12.6 Å². The maximum atomic E-state index is 12.3. The van der Waals surface area contributed by atoms with Gasteiger partial charge in [-0.1, -0.05) is 6.92 Å². The highest BCUT2D eigenvalue weighted by Gasteiger charge is 2.32. The Bertz CT molecular complexity index is 924. The lowest BCUT2D eigenvalue weighted by Crippen LogP contribution is -2.34. The standard InChI is InChI=1S/C16H21N5O4S/c1-4-7-20-15(17-18-19-20)10-25-16(22)12-5-6-14-13(9-12)8-11(2)21(14)26(3,23)24/h5-6,9,11H,4,7-8,10H2,1-3H3. The third-order valence-corrected chi connectivity index (χ3v) is 5.47. The van der Waals surface area contributed by atoms with Crippen LogP contribution in [-0.2, 0) is 34.3 Å². The van der Waals surface area contributed by atoms with E-state index in [0.717, 1.165) is 12.0 Å². The van der Waals surface area contributed by atoms with Crippen LogP contribution in [0.5, 0.6) is 0 Å². The second-order valence-electron chi connectivity index (χ2n) is 6.35. The SMILES string of the molecule is CCCn1nnnc1COC(=O)c1ccc2c(c1)CC(C)N2S(C)(=O)=O. The Kier molecular flexibility index (Phi) is 4.94. The molecule has 0 saturated heterocycles. The Morgan fingerprint density at radius 3 is 2.85 bits per heavy atom. The molecule has 0 aliphatic carbocycles. The van der Waals surface area contributed by atoms with Crippen LogP contribution < -0.4 is 4.31 Å². The zero-order valence-electron chi connectivity index (χ0n) is 14.9. The van der Waals surface area contributed by atoms with Gasteiger partial charge in [-0.15, -0.1) is 5.10 Å². The van der Waals surface area contributed by atoms with Crippen LogP contribution in [0.25, 0.3) is 0 Å². The molecule has 0 saturated carbocycles. The number of hydrogen-bond donors (Lipinski definition) is 0. The molecule has 9 nitrogen and oxygen atoms in total. The van der Waals surface area contributed by atoms with Crippen molar-refractivity contribution in [2.24, 2.45) is 0 Å². The summed E-state index contributed by atoms with van der Waals surface area (Å²) in [5.41, 5.74) is 1.80. The fraction of sp³-hybridized carbons (Fsp3) is 0.500. The normalized spacial score (nSPS) is 16.6. The van der Waals surface area contributed by atoms with Crippen LogP contribution in [0, 0.1) is 0 Å². The molecule has 0 radical (unpaired) electrons. The van der Waals surface area contributed by atoms with Crippen molar-refractivity contribution in [3.63, 3.8) is 0 Å². The van der Waals surface area contributed by atoms with Crippen LogP contribution in [0.4, 0.5) is 5.69 Å². The zero-order chi connectivity index (χ0) is 18.9. The Morgan fingerprint density at radius 2 is 2.15 bits per heavy atom. The zero-order valence-corrected chi connectivity index (χ0v) is 15.7. The molecule has 2 aromatic rings. The van der Waals surface area contributed by atoms with E-state index >= 15 is 0 Å². The number of hydrogen-bond acceptors (Lipinski definition) is 7. The number of sulfonamides is 1. The first-order chi connectivity index (χ1) is 12.3. The topological polar surface area (TPSA) is 107 Å². The average molecular weight is 379 g/mol. The highest BCUT2D eigenvalue weighted by molar-refractivity contribution is 7.92. The molecule has 1 atom stereocenters. The number of carbonyl (C=O) groups is 1. The predicted molar refractivity (Wildman–Crippen MR) is 94.2 cm³/mol. The second-order valence-corrected chi connectivity index (χ2v) is 8.21. The Balaban J connectivity index is 1.74. The Hall–Kier alpha value is -2.49. The molecule has 0 amide bonds. The monoisotopic (exact) mass is 379 g/mol. The molecular weight excluding hydrogens is 358 g/mol. The maximum absolute atomic E-state index is 12.3. The van der Waals surface area contributed by atoms with Crippen LogP contribution >= 0.6 is 0 Å². The molecule has 0 bridgehead atoms. The minimum atomic E-state index is -3.36. The molecule has 1 unspecified atom stereocenters. The van der Waals surface area contributed by atoms with Crippen LogP contribution in [0.3, 0.4) is 0 Å². The smallest absolute Gasteiger partial charge is 0.338 e. The number of aromatic nitrogens is 4. The van der Waals surface area contributed by atoms with Gasteiger partial charge in [0.1, 0.15) is 0 Å². The number of carbonyl (C=O) groups excluding carboxylic acids is 1. The van der Waals surface area contributed by atoms with Gasteiger partial charge in [0.2, 0.25) is 10.0 Å². The van der Waals surface area contributed by atoms with Crippen LogP contribution in [0.15, 0.2) is 18.2 Å². The van der Waals surface area contributed by atoms with Gasteiger partial charge < -0.3 is 4.74 Å². The molecule has 1 aliphatic rings. The van der Waals surface area contributed by atoms with Crippen molar-refractivity contribution in [2.45, 2.75) is 45.9 Å². The summed E-state index contributed by atoms with van der Waals surface area (Å²) in [5.74, 6) is -0.0115. The molecule has 2 heterocycles. The van der Waals surface area contributed by atoms with Crippen molar-refractivity contribution in [3.05, 3.63) is 35.2 Å². The van der Waals surface area contributed by atoms with Crippen molar-refractivity contribution in [3.8, 4) is 0 Å². The van der Waals surface area contributed by atoms with E-state index in [-0.39, 0.29) is 12.6 Å². The average Bonchev–Trinajstić information content (AvgIpc) is 3.14. The molecule has 0 spiro atoms. The van der Waals surface area contributed by atoms with Gasteiger partial charge in [0.25, 0.3) is 0 Å². The largest absolute Gasteiger partial charge is 0.454 e. The summed E-state index contributed by atoms with van der Waals surface area (Å²) in [4.78, 5) is 12.3. The van der Waals surface area contributed by atoms with Gasteiger partial charge in [0.15, 0.2) is 12.4 Å². The Labute approximate surface area is 152 Å². The molecule has 1 aliphatic heterocycles. The molecule has 1 aromatic heterocycles. The van der Waals surface area contributed by atoms with Gasteiger partial charge in [-0.2, -0.15) is 0 Å². The van der Waals surface area contributed by atoms with Gasteiger partial charge in [0.05, 0.1) is 17.5 Å². The van der Waals surface area contributed by atoms with E-state index in [1.165, 1.54) is 10.6 Å². The number of ether oxygens (including phenoxy) is 1. The molecular formula is C16H21N5O4S. The fourth-order valence-electron chi connectivity index (χ4n) is 3.16. The summed E-state index contributed by atoms with van der Waals surface area (Å²) in [6, 6.07) is 4.74. The number of esters is 1. The number of rotatable bonds is 6. The summed E-state index contributed by atoms with van der Waals surface area (Å²) >= 11 is 0. The van der Waals surface area contributed by atoms with Gasteiger partial charge in [-0.3, -0.25) is 4.31 Å². The fourth-order valence-corrected chi connectivity index (χ4v) is 4.42. The summed E-state index contributed by atoms with van der Waals surface area (Å²) in [5, 5.41) is 11.3. The lowest BCUT2D eigenvalue weighted by atomic mass is 10.1. The third-order valence-electron chi connectivity index (χ3n) is 4.20. The van der Waals surface area contributed by atoms with E-state index in [0.29, 0.717) is 30.0 Å². The van der Waals surface area contributed by atoms with Crippen molar-refractivity contribution in [1.29, 1.82) is 0 Å². The Morgan fingerprint density at radius 1 is 1.38 bits per heavy atom. The molecule has 0 fully saturated rings. The molecule has 26 heavy (non-hydrogen) atoms. The van der Waals surface area contributed by atoms with Gasteiger partial charge in [-0.05, 0) is 54.0 Å². The number of tetrazole rings is 1. The first-order valence-corrected chi connectivity index (χ1v) is 10.2. The van der Waals surface area contributed by atoms with Crippen molar-refractivity contribution < 1.29 is 17.9 Å². The molecule has 10 heteroatoms. The predicted octanol–water partition coefficient (Wildman–Crippen LogP) is 1.15. The minimum Gasteiger partial charge on any atom is -0.454 e. The van der Waals surface area contributed by atoms with E-state index in [4.69, 9.17) is 4.74 Å². The van der Waals surface area contributed by atoms with E-state index in [9.17, 15) is 13.2 Å². The quantitative estimate of drug-likeness (QED) is 0.693. The lowest BCUT2D eigenvalue weighted by molar-refractivity contribution is 0.0456. The number of aryl methyl sites for hydroxylation is 1. The van der Waals surface area contributed by atoms with Crippen molar-refractivity contribution in [1.82, 2.24) is 20.2 Å². The van der Waals surface area contributed by atoms with Crippen molar-refractivity contribution in [2.75, 3.05) is 10.6 Å². The van der Waals surface area contributed by atoms with E-state index in [1.807, 2.05) is 13.8 Å². The molecule has 3 rings (SSSR count). The lowest BCUT2D eigenvalue weighted by Gasteiger charge is -2.21. The number of fused-ring (bicyclic) bond motifs is 1. The van der Waals surface area contributed by atoms with Crippen LogP contribution in [0.1, 0.15) is 42.0 Å². The number of anilines is 1. The van der Waals surface area contributed by atoms with Crippen LogP contribution in [0.2, 0.25) is 0 Å². The maximum Gasteiger partial charge on any atom is 0.338 e. The first-order valence-electron chi connectivity index (χ1n) is 8.35. The number of nitrogens with zero attached hydrogens (tertiary/aromatic N) is 5. The highest BCUT2D eigenvalue weighted by atomic mass is 32.2. The van der Waals surface area contributed by atoms with Crippen LogP contribution in [-0.4, -0.2) is 46.9 Å². The summed E-state index contributed by atoms with van der Waals surface area (Å²) in [7, 11) is -3.36. The van der Waals surface area contributed by atoms with E-state index in [2.05, 4.69) is 15.5 Å². The molecule has 1 aromatic carbocycles. The number of benzene rings is 1. The van der Waals surface area contributed by atoms with Crippen molar-refractivity contribution >= 4 is 21.7 Å². The summed E-state index contributed by atoms with van der Waals surface area (Å²) in [6.07, 6.45) is 2.60. The minimum absolute atomic E-state index is 0.0191. The van der Waals surface area contributed by atoms with Gasteiger partial charge >= 0.3 is 5.97 Å².